The summed E-state index contributed by atoms with van der Waals surface area (Å²) in [7, 11) is -3.69. The van der Waals surface area contributed by atoms with Gasteiger partial charge in [0.05, 0.1) is 6.54 Å². The lowest BCUT2D eigenvalue weighted by molar-refractivity contribution is -0.119. The largest absolute Gasteiger partial charge is 0.350 e. The van der Waals surface area contributed by atoms with E-state index < -0.39 is 10.0 Å². The first-order valence-corrected chi connectivity index (χ1v) is 10.8. The number of sulfonamides is 1. The quantitative estimate of drug-likeness (QED) is 0.805. The summed E-state index contributed by atoms with van der Waals surface area (Å²) in [6.45, 7) is 5.92. The fraction of sp³-hybridized carbons (Fsp3) is 0.263. The molecule has 3 rings (SSSR count). The molecule has 0 saturated carbocycles. The van der Waals surface area contributed by atoms with Gasteiger partial charge in [0, 0.05) is 10.5 Å². The number of carbonyl (C=O) groups excluding carboxylic acids is 1. The molecule has 0 unspecified atom stereocenters. The Morgan fingerprint density at radius 1 is 1.19 bits per heavy atom. The number of aliphatic imine (C=N–C) groups is 1. The van der Waals surface area contributed by atoms with Gasteiger partial charge < -0.3 is 5.32 Å². The second kappa shape index (κ2) is 7.66. The van der Waals surface area contributed by atoms with Crippen molar-refractivity contribution in [1.82, 2.24) is 10.0 Å². The highest BCUT2D eigenvalue weighted by atomic mass is 32.2. The van der Waals surface area contributed by atoms with Gasteiger partial charge in [0.25, 0.3) is 10.0 Å². The van der Waals surface area contributed by atoms with Crippen LogP contribution in [0.5, 0.6) is 0 Å². The maximum atomic E-state index is 12.6. The number of nitrogens with zero attached hydrogens (tertiary/aromatic N) is 1. The van der Waals surface area contributed by atoms with Gasteiger partial charge in [-0.05, 0) is 48.9 Å². The molecule has 6 nitrogen and oxygen atoms in total. The van der Waals surface area contributed by atoms with Gasteiger partial charge in [-0.3, -0.25) is 14.5 Å². The number of hydrogen-bond donors (Lipinski definition) is 2. The van der Waals surface area contributed by atoms with Crippen molar-refractivity contribution in [2.45, 2.75) is 27.3 Å². The summed E-state index contributed by atoms with van der Waals surface area (Å²) < 4.78 is 27.6. The van der Waals surface area contributed by atoms with Crippen molar-refractivity contribution in [2.24, 2.45) is 4.99 Å². The molecular weight excluding hydrogens is 382 g/mol. The molecule has 0 bridgehead atoms. The molecule has 1 aromatic carbocycles. The van der Waals surface area contributed by atoms with E-state index in [2.05, 4.69) is 15.0 Å². The molecular formula is C19H21N3O3S2. The van der Waals surface area contributed by atoms with Crippen molar-refractivity contribution in [3.05, 3.63) is 62.9 Å². The van der Waals surface area contributed by atoms with Crippen LogP contribution in [0.1, 0.15) is 28.5 Å². The summed E-state index contributed by atoms with van der Waals surface area (Å²) in [6, 6.07) is 9.39. The highest BCUT2D eigenvalue weighted by Crippen LogP contribution is 2.30. The lowest BCUT2D eigenvalue weighted by atomic mass is 10.0. The van der Waals surface area contributed by atoms with Gasteiger partial charge in [-0.1, -0.05) is 24.3 Å². The Balaban J connectivity index is 1.78. The van der Waals surface area contributed by atoms with Crippen molar-refractivity contribution in [2.75, 3.05) is 6.54 Å². The zero-order valence-corrected chi connectivity index (χ0v) is 17.0. The molecule has 2 N–H and O–H groups in total. The van der Waals surface area contributed by atoms with Crippen LogP contribution in [0.3, 0.4) is 0 Å². The van der Waals surface area contributed by atoms with Gasteiger partial charge in [0.2, 0.25) is 5.91 Å². The summed E-state index contributed by atoms with van der Waals surface area (Å²) in [4.78, 5) is 17.4. The van der Waals surface area contributed by atoms with E-state index in [-0.39, 0.29) is 23.2 Å². The summed E-state index contributed by atoms with van der Waals surface area (Å²) in [5.74, 6) is -0.0444. The van der Waals surface area contributed by atoms with Gasteiger partial charge >= 0.3 is 0 Å². The van der Waals surface area contributed by atoms with Crippen molar-refractivity contribution >= 4 is 38.0 Å². The lowest BCUT2D eigenvalue weighted by Gasteiger charge is -2.06. The molecule has 1 amide bonds. The summed E-state index contributed by atoms with van der Waals surface area (Å²) >= 11 is 1.56. The van der Waals surface area contributed by atoms with Crippen LogP contribution in [-0.4, -0.2) is 26.7 Å². The summed E-state index contributed by atoms with van der Waals surface area (Å²) in [5.41, 5.74) is 3.25. The Kier molecular flexibility index (Phi) is 5.48. The molecule has 1 aromatic heterocycles. The van der Waals surface area contributed by atoms with Crippen molar-refractivity contribution in [3.8, 4) is 0 Å². The van der Waals surface area contributed by atoms with Crippen LogP contribution >= 0.6 is 11.3 Å². The van der Waals surface area contributed by atoms with Gasteiger partial charge in [0.15, 0.2) is 0 Å². The highest BCUT2D eigenvalue weighted by molar-refractivity contribution is 8.00. The SMILES string of the molecule is CC1=C(c2ccc(C)c(C)c2)S(=O)(=O)NC1=NCC(=O)NCc1cccs1. The van der Waals surface area contributed by atoms with E-state index in [1.165, 1.54) is 0 Å². The molecule has 0 spiro atoms. The number of rotatable bonds is 5. The smallest absolute Gasteiger partial charge is 0.264 e. The van der Waals surface area contributed by atoms with Crippen LogP contribution in [0, 0.1) is 13.8 Å². The van der Waals surface area contributed by atoms with E-state index in [1.807, 2.05) is 43.5 Å². The van der Waals surface area contributed by atoms with Crippen LogP contribution < -0.4 is 10.0 Å². The number of amidine groups is 1. The minimum Gasteiger partial charge on any atom is -0.350 e. The maximum Gasteiger partial charge on any atom is 0.264 e. The Hall–Kier alpha value is -2.45. The number of benzene rings is 1. The van der Waals surface area contributed by atoms with Gasteiger partial charge in [-0.2, -0.15) is 0 Å². The van der Waals surface area contributed by atoms with E-state index in [4.69, 9.17) is 0 Å². The third-order valence-corrected chi connectivity index (χ3v) is 6.80. The molecule has 0 fully saturated rings. The normalized spacial score (nSPS) is 17.2. The number of aryl methyl sites for hydroxylation is 2. The molecule has 1 aliphatic heterocycles. The molecule has 0 atom stereocenters. The molecule has 0 radical (unpaired) electrons. The van der Waals surface area contributed by atoms with Gasteiger partial charge in [-0.25, -0.2) is 8.42 Å². The van der Waals surface area contributed by atoms with Gasteiger partial charge in [0.1, 0.15) is 17.3 Å². The minimum atomic E-state index is -3.69. The number of thiophene rings is 1. The van der Waals surface area contributed by atoms with E-state index in [0.29, 0.717) is 17.7 Å². The predicted molar refractivity (Wildman–Crippen MR) is 109 cm³/mol. The Bertz CT molecular complexity index is 1040. The van der Waals surface area contributed by atoms with Crippen molar-refractivity contribution < 1.29 is 13.2 Å². The molecule has 0 aliphatic carbocycles. The minimum absolute atomic E-state index is 0.138. The molecule has 8 heteroatoms. The van der Waals surface area contributed by atoms with Crippen LogP contribution in [-0.2, 0) is 21.4 Å². The van der Waals surface area contributed by atoms with E-state index in [1.54, 1.807) is 24.3 Å². The van der Waals surface area contributed by atoms with E-state index in [0.717, 1.165) is 16.0 Å². The van der Waals surface area contributed by atoms with Crippen LogP contribution in [0.2, 0.25) is 0 Å². The molecule has 0 saturated heterocycles. The van der Waals surface area contributed by atoms with E-state index >= 15 is 0 Å². The predicted octanol–water partition coefficient (Wildman–Crippen LogP) is 2.74. The Labute approximate surface area is 163 Å². The number of hydrogen-bond acceptors (Lipinski definition) is 5. The average molecular weight is 404 g/mol. The Morgan fingerprint density at radius 3 is 2.63 bits per heavy atom. The number of amides is 1. The fourth-order valence-electron chi connectivity index (χ4n) is 2.77. The molecule has 2 heterocycles. The zero-order valence-electron chi connectivity index (χ0n) is 15.4. The lowest BCUT2D eigenvalue weighted by Crippen LogP contribution is -2.28. The van der Waals surface area contributed by atoms with Crippen molar-refractivity contribution in [1.29, 1.82) is 0 Å². The van der Waals surface area contributed by atoms with Gasteiger partial charge in [-0.15, -0.1) is 11.3 Å². The number of nitrogens with one attached hydrogen (secondary N) is 2. The second-order valence-electron chi connectivity index (χ2n) is 6.38. The molecule has 2 aromatic rings. The highest BCUT2D eigenvalue weighted by Gasteiger charge is 2.32. The first-order valence-electron chi connectivity index (χ1n) is 8.43. The van der Waals surface area contributed by atoms with Crippen LogP contribution in [0.15, 0.2) is 46.3 Å². The monoisotopic (exact) mass is 403 g/mol. The average Bonchev–Trinajstić information content (AvgIpc) is 3.20. The standard InChI is InChI=1S/C19H21N3O3S2/c1-12-6-7-15(9-13(12)2)18-14(3)19(22-27(18,24)25)21-11-17(23)20-10-16-5-4-8-26-16/h4-9H,10-11H2,1-3H3,(H,20,23)(H,21,22). The first-order chi connectivity index (χ1) is 12.8. The second-order valence-corrected chi connectivity index (χ2v) is 9.03. The molecule has 1 aliphatic rings. The molecule has 142 valence electrons. The van der Waals surface area contributed by atoms with E-state index in [9.17, 15) is 13.2 Å². The molecule has 27 heavy (non-hydrogen) atoms. The Morgan fingerprint density at radius 2 is 1.96 bits per heavy atom. The number of carbonyl (C=O) groups is 1. The third kappa shape index (κ3) is 4.28. The summed E-state index contributed by atoms with van der Waals surface area (Å²) in [6.07, 6.45) is 0. The maximum absolute atomic E-state index is 12.6. The van der Waals surface area contributed by atoms with Crippen LogP contribution in [0.25, 0.3) is 4.91 Å². The van der Waals surface area contributed by atoms with Crippen LogP contribution in [0.4, 0.5) is 0 Å². The fourth-order valence-corrected chi connectivity index (χ4v) is 4.93. The first kappa shape index (κ1) is 19.3. The topological polar surface area (TPSA) is 87.6 Å². The third-order valence-electron chi connectivity index (χ3n) is 4.39. The summed E-state index contributed by atoms with van der Waals surface area (Å²) in [5, 5.41) is 4.71. The zero-order chi connectivity index (χ0) is 19.6. The van der Waals surface area contributed by atoms with Crippen molar-refractivity contribution in [3.63, 3.8) is 0 Å².